The minimum Gasteiger partial charge on any atom is -0.454 e. The zero-order chi connectivity index (χ0) is 11.9. The molecule has 0 radical (unpaired) electrons. The van der Waals surface area contributed by atoms with Crippen LogP contribution < -0.4 is 0 Å². The maximum Gasteiger partial charge on any atom is 0.303 e. The van der Waals surface area contributed by atoms with Crippen molar-refractivity contribution in [3.8, 4) is 0 Å². The van der Waals surface area contributed by atoms with Crippen molar-refractivity contribution in [1.82, 2.24) is 0 Å². The molecule has 0 saturated heterocycles. The molecule has 88 valence electrons. The standard InChI is InChI=1S/C11H22NO3/c1-6-7-14-9-11(15-10(2)13)8-12(3,4)5/h6,11H,1,7-9H2,2-5H3/q+1/t11-/m0/s1. The van der Waals surface area contributed by atoms with Gasteiger partial charge in [0.05, 0.1) is 34.4 Å². The summed E-state index contributed by atoms with van der Waals surface area (Å²) >= 11 is 0. The minimum atomic E-state index is -0.268. The largest absolute Gasteiger partial charge is 0.454 e. The number of hydrogen-bond acceptors (Lipinski definition) is 3. The van der Waals surface area contributed by atoms with Gasteiger partial charge >= 0.3 is 5.97 Å². The summed E-state index contributed by atoms with van der Waals surface area (Å²) in [5, 5.41) is 0. The Bertz CT molecular complexity index is 208. The molecule has 0 fully saturated rings. The van der Waals surface area contributed by atoms with Crippen molar-refractivity contribution in [1.29, 1.82) is 0 Å². The first-order valence-corrected chi connectivity index (χ1v) is 5.01. The highest BCUT2D eigenvalue weighted by molar-refractivity contribution is 5.66. The summed E-state index contributed by atoms with van der Waals surface area (Å²) in [5.74, 6) is -0.268. The Morgan fingerprint density at radius 1 is 1.47 bits per heavy atom. The van der Waals surface area contributed by atoms with Crippen molar-refractivity contribution in [2.24, 2.45) is 0 Å². The van der Waals surface area contributed by atoms with E-state index in [9.17, 15) is 4.79 Å². The third-order valence-corrected chi connectivity index (χ3v) is 1.62. The molecule has 0 unspecified atom stereocenters. The summed E-state index contributed by atoms with van der Waals surface area (Å²) in [7, 11) is 6.14. The second kappa shape index (κ2) is 6.58. The Balaban J connectivity index is 4.06. The van der Waals surface area contributed by atoms with E-state index in [0.29, 0.717) is 13.2 Å². The lowest BCUT2D eigenvalue weighted by molar-refractivity contribution is -0.873. The summed E-state index contributed by atoms with van der Waals surface area (Å²) in [6.45, 7) is 6.60. The third-order valence-electron chi connectivity index (χ3n) is 1.62. The third kappa shape index (κ3) is 9.43. The fourth-order valence-electron chi connectivity index (χ4n) is 1.25. The number of hydrogen-bond donors (Lipinski definition) is 0. The smallest absolute Gasteiger partial charge is 0.303 e. The van der Waals surface area contributed by atoms with Crippen LogP contribution in [0.4, 0.5) is 0 Å². The molecule has 0 spiro atoms. The van der Waals surface area contributed by atoms with Gasteiger partial charge in [0.2, 0.25) is 0 Å². The summed E-state index contributed by atoms with van der Waals surface area (Å²) in [6.07, 6.45) is 1.49. The van der Waals surface area contributed by atoms with Crippen LogP contribution in [0.3, 0.4) is 0 Å². The molecule has 0 aromatic carbocycles. The van der Waals surface area contributed by atoms with Gasteiger partial charge in [-0.25, -0.2) is 0 Å². The molecule has 4 heteroatoms. The number of carbonyl (C=O) groups is 1. The second-order valence-corrected chi connectivity index (χ2v) is 4.53. The summed E-state index contributed by atoms with van der Waals surface area (Å²) in [5.41, 5.74) is 0. The first-order chi connectivity index (χ1) is 6.85. The van der Waals surface area contributed by atoms with Gasteiger partial charge in [-0.15, -0.1) is 6.58 Å². The maximum atomic E-state index is 10.9. The molecular weight excluding hydrogens is 194 g/mol. The van der Waals surface area contributed by atoms with Gasteiger partial charge in [-0.2, -0.15) is 0 Å². The van der Waals surface area contributed by atoms with E-state index in [4.69, 9.17) is 9.47 Å². The number of carbonyl (C=O) groups excluding carboxylic acids is 1. The lowest BCUT2D eigenvalue weighted by atomic mass is 10.3. The predicted octanol–water partition coefficient (Wildman–Crippen LogP) is 0.827. The zero-order valence-electron chi connectivity index (χ0n) is 10.2. The van der Waals surface area contributed by atoms with Crippen LogP contribution in [-0.4, -0.2) is 57.5 Å². The van der Waals surface area contributed by atoms with Crippen molar-refractivity contribution >= 4 is 5.97 Å². The molecule has 0 aliphatic carbocycles. The van der Waals surface area contributed by atoms with E-state index in [1.807, 2.05) is 21.1 Å². The average molecular weight is 216 g/mol. The molecule has 0 heterocycles. The Hall–Kier alpha value is -0.870. The number of ether oxygens (including phenoxy) is 2. The topological polar surface area (TPSA) is 35.5 Å². The fourth-order valence-corrected chi connectivity index (χ4v) is 1.25. The van der Waals surface area contributed by atoms with Crippen molar-refractivity contribution in [2.75, 3.05) is 40.9 Å². The monoisotopic (exact) mass is 216 g/mol. The summed E-state index contributed by atoms with van der Waals surface area (Å²) in [4.78, 5) is 10.9. The Kier molecular flexibility index (Phi) is 6.20. The van der Waals surface area contributed by atoms with Crippen LogP contribution in [0.2, 0.25) is 0 Å². The zero-order valence-corrected chi connectivity index (χ0v) is 10.2. The van der Waals surface area contributed by atoms with Crippen molar-refractivity contribution in [2.45, 2.75) is 13.0 Å². The molecule has 0 aromatic rings. The van der Waals surface area contributed by atoms with Crippen molar-refractivity contribution in [3.05, 3.63) is 12.7 Å². The molecule has 4 nitrogen and oxygen atoms in total. The lowest BCUT2D eigenvalue weighted by Gasteiger charge is -2.28. The van der Waals surface area contributed by atoms with Gasteiger partial charge in [-0.3, -0.25) is 4.79 Å². The van der Waals surface area contributed by atoms with Gasteiger partial charge < -0.3 is 14.0 Å². The van der Waals surface area contributed by atoms with Crippen LogP contribution in [0.1, 0.15) is 6.92 Å². The van der Waals surface area contributed by atoms with Gasteiger partial charge in [0.25, 0.3) is 0 Å². The molecule has 0 bridgehead atoms. The molecule has 0 aromatic heterocycles. The molecule has 15 heavy (non-hydrogen) atoms. The van der Waals surface area contributed by atoms with Crippen LogP contribution >= 0.6 is 0 Å². The number of rotatable bonds is 7. The number of likely N-dealkylation sites (N-methyl/N-ethyl adjacent to an activating group) is 1. The van der Waals surface area contributed by atoms with Gasteiger partial charge in [-0.05, 0) is 0 Å². The highest BCUT2D eigenvalue weighted by atomic mass is 16.6. The predicted molar refractivity (Wildman–Crippen MR) is 59.5 cm³/mol. The van der Waals surface area contributed by atoms with E-state index in [1.54, 1.807) is 6.08 Å². The molecule has 0 aliphatic heterocycles. The molecule has 0 aliphatic rings. The van der Waals surface area contributed by atoms with Crippen LogP contribution in [0, 0.1) is 0 Å². The van der Waals surface area contributed by atoms with Crippen molar-refractivity contribution < 1.29 is 18.8 Å². The van der Waals surface area contributed by atoms with Gasteiger partial charge in [-0.1, -0.05) is 6.08 Å². The number of nitrogens with zero attached hydrogens (tertiary/aromatic N) is 1. The van der Waals surface area contributed by atoms with Gasteiger partial charge in [0.15, 0.2) is 6.10 Å². The Morgan fingerprint density at radius 2 is 2.07 bits per heavy atom. The molecular formula is C11H22NO3+. The maximum absolute atomic E-state index is 10.9. The lowest BCUT2D eigenvalue weighted by Crippen LogP contribution is -2.44. The van der Waals surface area contributed by atoms with Crippen LogP contribution in [0.25, 0.3) is 0 Å². The molecule has 0 rings (SSSR count). The normalized spacial score (nSPS) is 13.3. The van der Waals surface area contributed by atoms with E-state index < -0.39 is 0 Å². The Labute approximate surface area is 92.1 Å². The first-order valence-electron chi connectivity index (χ1n) is 5.01. The van der Waals surface area contributed by atoms with Crippen LogP contribution in [0.15, 0.2) is 12.7 Å². The van der Waals surface area contributed by atoms with Crippen molar-refractivity contribution in [3.63, 3.8) is 0 Å². The first kappa shape index (κ1) is 14.1. The summed E-state index contributed by atoms with van der Waals surface area (Å²) in [6, 6.07) is 0. The Morgan fingerprint density at radius 3 is 2.47 bits per heavy atom. The highest BCUT2D eigenvalue weighted by Crippen LogP contribution is 2.01. The van der Waals surface area contributed by atoms with Crippen LogP contribution in [-0.2, 0) is 14.3 Å². The van der Waals surface area contributed by atoms with Gasteiger partial charge in [0, 0.05) is 6.92 Å². The number of quaternary nitrogens is 1. The SMILES string of the molecule is C=CCOC[C@H](C[N+](C)(C)C)OC(C)=O. The van der Waals surface area contributed by atoms with E-state index in [1.165, 1.54) is 6.92 Å². The molecule has 0 N–H and O–H groups in total. The molecule has 0 saturated carbocycles. The quantitative estimate of drug-likeness (QED) is 0.274. The van der Waals surface area contributed by atoms with Crippen LogP contribution in [0.5, 0.6) is 0 Å². The molecule has 1 atom stereocenters. The summed E-state index contributed by atoms with van der Waals surface area (Å²) < 4.78 is 11.2. The van der Waals surface area contributed by atoms with Gasteiger partial charge in [0.1, 0.15) is 6.54 Å². The fraction of sp³-hybridized carbons (Fsp3) is 0.727. The van der Waals surface area contributed by atoms with E-state index in [0.717, 1.165) is 11.0 Å². The average Bonchev–Trinajstić information content (AvgIpc) is 2.00. The molecule has 0 amide bonds. The van der Waals surface area contributed by atoms with E-state index in [-0.39, 0.29) is 12.1 Å². The minimum absolute atomic E-state index is 0.192. The number of esters is 1. The van der Waals surface area contributed by atoms with E-state index in [2.05, 4.69) is 6.58 Å². The second-order valence-electron chi connectivity index (χ2n) is 4.53. The highest BCUT2D eigenvalue weighted by Gasteiger charge is 2.20. The van der Waals surface area contributed by atoms with E-state index >= 15 is 0 Å².